The number of esters is 1. The first-order valence-corrected chi connectivity index (χ1v) is 8.97. The Bertz CT molecular complexity index is 964. The number of hydrogen-bond acceptors (Lipinski definition) is 4. The SMILES string of the molecule is CCOC(=O)c1c(-c2ccccc2)sc(-c2ccccc2Cl)cc1=O. The monoisotopic (exact) mass is 370 g/mol. The summed E-state index contributed by atoms with van der Waals surface area (Å²) in [6, 6.07) is 18.1. The predicted octanol–water partition coefficient (Wildman–Crippen LogP) is 5.27. The fraction of sp³-hybridized carbons (Fsp3) is 0.100. The first-order chi connectivity index (χ1) is 12.1. The molecule has 1 aromatic heterocycles. The number of ether oxygens (including phenoxy) is 1. The minimum Gasteiger partial charge on any atom is -0.462 e. The smallest absolute Gasteiger partial charge is 0.343 e. The third kappa shape index (κ3) is 3.65. The lowest BCUT2D eigenvalue weighted by atomic mass is 10.1. The largest absolute Gasteiger partial charge is 0.462 e. The molecule has 0 radical (unpaired) electrons. The summed E-state index contributed by atoms with van der Waals surface area (Å²) in [5.74, 6) is -0.603. The Morgan fingerprint density at radius 2 is 1.76 bits per heavy atom. The molecular formula is C20H15ClO3S. The first-order valence-electron chi connectivity index (χ1n) is 7.77. The molecule has 3 rings (SSSR count). The minimum atomic E-state index is -0.603. The number of benzene rings is 2. The van der Waals surface area contributed by atoms with Crippen molar-refractivity contribution in [2.45, 2.75) is 6.92 Å². The molecule has 126 valence electrons. The predicted molar refractivity (Wildman–Crippen MR) is 102 cm³/mol. The van der Waals surface area contributed by atoms with Crippen molar-refractivity contribution in [3.05, 3.63) is 81.5 Å². The van der Waals surface area contributed by atoms with Gasteiger partial charge in [-0.05, 0) is 18.6 Å². The Hall–Kier alpha value is -2.43. The zero-order valence-corrected chi connectivity index (χ0v) is 15.1. The van der Waals surface area contributed by atoms with Crippen LogP contribution >= 0.6 is 22.9 Å². The normalized spacial score (nSPS) is 10.5. The van der Waals surface area contributed by atoms with Gasteiger partial charge in [-0.25, -0.2) is 4.79 Å². The van der Waals surface area contributed by atoms with Crippen LogP contribution in [-0.2, 0) is 4.74 Å². The lowest BCUT2D eigenvalue weighted by molar-refractivity contribution is 0.0526. The molecule has 0 aliphatic carbocycles. The van der Waals surface area contributed by atoms with Crippen molar-refractivity contribution in [3.8, 4) is 20.9 Å². The third-order valence-electron chi connectivity index (χ3n) is 3.60. The van der Waals surface area contributed by atoms with Crippen LogP contribution in [0.25, 0.3) is 20.9 Å². The van der Waals surface area contributed by atoms with E-state index in [-0.39, 0.29) is 17.6 Å². The van der Waals surface area contributed by atoms with Gasteiger partial charge in [-0.15, -0.1) is 11.3 Å². The van der Waals surface area contributed by atoms with Gasteiger partial charge in [0.25, 0.3) is 0 Å². The van der Waals surface area contributed by atoms with Crippen molar-refractivity contribution in [2.75, 3.05) is 6.61 Å². The van der Waals surface area contributed by atoms with E-state index < -0.39 is 5.97 Å². The van der Waals surface area contributed by atoms with E-state index in [1.807, 2.05) is 48.5 Å². The maximum absolute atomic E-state index is 12.7. The van der Waals surface area contributed by atoms with Crippen LogP contribution in [-0.4, -0.2) is 12.6 Å². The number of carbonyl (C=O) groups is 1. The van der Waals surface area contributed by atoms with Crippen LogP contribution in [0.2, 0.25) is 5.02 Å². The van der Waals surface area contributed by atoms with Crippen molar-refractivity contribution in [2.24, 2.45) is 0 Å². The van der Waals surface area contributed by atoms with Gasteiger partial charge in [0.1, 0.15) is 5.56 Å². The molecular weight excluding hydrogens is 356 g/mol. The van der Waals surface area contributed by atoms with Crippen LogP contribution in [0, 0.1) is 0 Å². The number of hydrogen-bond donors (Lipinski definition) is 0. The molecule has 1 heterocycles. The highest BCUT2D eigenvalue weighted by Crippen LogP contribution is 2.36. The van der Waals surface area contributed by atoms with E-state index in [1.165, 1.54) is 17.4 Å². The molecule has 3 nitrogen and oxygen atoms in total. The summed E-state index contributed by atoms with van der Waals surface area (Å²) < 4.78 is 5.08. The molecule has 3 aromatic rings. The first kappa shape index (κ1) is 17.4. The molecule has 2 aromatic carbocycles. The molecule has 0 aliphatic rings. The molecule has 0 amide bonds. The highest BCUT2D eigenvalue weighted by atomic mass is 35.5. The van der Waals surface area contributed by atoms with Crippen LogP contribution in [0.4, 0.5) is 0 Å². The van der Waals surface area contributed by atoms with E-state index >= 15 is 0 Å². The van der Waals surface area contributed by atoms with E-state index in [0.717, 1.165) is 11.1 Å². The van der Waals surface area contributed by atoms with E-state index in [4.69, 9.17) is 16.3 Å². The zero-order valence-electron chi connectivity index (χ0n) is 13.5. The van der Waals surface area contributed by atoms with Crippen molar-refractivity contribution in [1.82, 2.24) is 0 Å². The van der Waals surface area contributed by atoms with Gasteiger partial charge >= 0.3 is 5.97 Å². The quantitative estimate of drug-likeness (QED) is 0.587. The third-order valence-corrected chi connectivity index (χ3v) is 5.13. The standard InChI is InChI=1S/C20H15ClO3S/c1-2-24-20(23)18-16(22)12-17(14-10-6-7-11-15(14)21)25-19(18)13-8-4-3-5-9-13/h3-12H,2H2,1H3. The summed E-state index contributed by atoms with van der Waals surface area (Å²) in [4.78, 5) is 26.3. The Balaban J connectivity index is 2.27. The maximum atomic E-state index is 12.7. The molecule has 0 saturated heterocycles. The van der Waals surface area contributed by atoms with Gasteiger partial charge in [-0.2, -0.15) is 0 Å². The summed E-state index contributed by atoms with van der Waals surface area (Å²) in [7, 11) is 0. The molecule has 0 aliphatic heterocycles. The second kappa shape index (κ2) is 7.64. The van der Waals surface area contributed by atoms with Crippen molar-refractivity contribution < 1.29 is 9.53 Å². The maximum Gasteiger partial charge on any atom is 0.343 e. The van der Waals surface area contributed by atoms with E-state index in [2.05, 4.69) is 0 Å². The molecule has 0 unspecified atom stereocenters. The summed E-state index contributed by atoms with van der Waals surface area (Å²) in [6.07, 6.45) is 0. The molecule has 0 N–H and O–H groups in total. The highest BCUT2D eigenvalue weighted by molar-refractivity contribution is 7.18. The Labute approximate surface area is 154 Å². The van der Waals surface area contributed by atoms with E-state index in [1.54, 1.807) is 13.0 Å². The second-order valence-corrected chi connectivity index (χ2v) is 6.70. The van der Waals surface area contributed by atoms with Crippen LogP contribution in [0.5, 0.6) is 0 Å². The summed E-state index contributed by atoms with van der Waals surface area (Å²) in [6.45, 7) is 1.93. The van der Waals surface area contributed by atoms with Crippen LogP contribution in [0.15, 0.2) is 65.5 Å². The van der Waals surface area contributed by atoms with Gasteiger partial charge in [0.15, 0.2) is 5.43 Å². The fourth-order valence-corrected chi connectivity index (χ4v) is 3.98. The minimum absolute atomic E-state index is 0.0638. The van der Waals surface area contributed by atoms with Gasteiger partial charge in [0.2, 0.25) is 0 Å². The van der Waals surface area contributed by atoms with Gasteiger partial charge < -0.3 is 4.74 Å². The zero-order chi connectivity index (χ0) is 17.8. The fourth-order valence-electron chi connectivity index (χ4n) is 2.48. The number of carbonyl (C=O) groups excluding carboxylic acids is 1. The second-order valence-electron chi connectivity index (χ2n) is 5.25. The van der Waals surface area contributed by atoms with Gasteiger partial charge in [-0.3, -0.25) is 4.79 Å². The molecule has 5 heteroatoms. The molecule has 0 spiro atoms. The molecule has 0 atom stereocenters. The van der Waals surface area contributed by atoms with Crippen LogP contribution in [0.3, 0.4) is 0 Å². The Morgan fingerprint density at radius 3 is 2.44 bits per heavy atom. The van der Waals surface area contributed by atoms with Crippen molar-refractivity contribution in [1.29, 1.82) is 0 Å². The van der Waals surface area contributed by atoms with E-state index in [0.29, 0.717) is 14.8 Å². The number of rotatable bonds is 4. The Kier molecular flexibility index (Phi) is 5.31. The highest BCUT2D eigenvalue weighted by Gasteiger charge is 2.21. The molecule has 0 saturated carbocycles. The van der Waals surface area contributed by atoms with Gasteiger partial charge in [0.05, 0.1) is 11.5 Å². The van der Waals surface area contributed by atoms with Gasteiger partial charge in [0, 0.05) is 21.5 Å². The van der Waals surface area contributed by atoms with Gasteiger partial charge in [-0.1, -0.05) is 60.1 Å². The number of halogens is 1. The lowest BCUT2D eigenvalue weighted by Gasteiger charge is -2.11. The summed E-state index contributed by atoms with van der Waals surface area (Å²) >= 11 is 7.63. The molecule has 0 bridgehead atoms. The summed E-state index contributed by atoms with van der Waals surface area (Å²) in [5.41, 5.74) is 1.25. The Morgan fingerprint density at radius 1 is 1.08 bits per heavy atom. The average Bonchev–Trinajstić information content (AvgIpc) is 2.62. The van der Waals surface area contributed by atoms with Crippen LogP contribution in [0.1, 0.15) is 17.3 Å². The summed E-state index contributed by atoms with van der Waals surface area (Å²) in [5, 5.41) is 0.557. The molecule has 0 fully saturated rings. The van der Waals surface area contributed by atoms with Crippen molar-refractivity contribution in [3.63, 3.8) is 0 Å². The van der Waals surface area contributed by atoms with E-state index in [9.17, 15) is 9.59 Å². The van der Waals surface area contributed by atoms with Crippen LogP contribution < -0.4 is 5.43 Å². The topological polar surface area (TPSA) is 43.4 Å². The van der Waals surface area contributed by atoms with Crippen molar-refractivity contribution >= 4 is 28.9 Å². The lowest BCUT2D eigenvalue weighted by Crippen LogP contribution is -2.17. The average molecular weight is 371 g/mol. The molecule has 25 heavy (non-hydrogen) atoms.